The van der Waals surface area contributed by atoms with Gasteiger partial charge in [-0.1, -0.05) is 20.8 Å². The second-order valence-electron chi connectivity index (χ2n) is 5.19. The summed E-state index contributed by atoms with van der Waals surface area (Å²) in [6.07, 6.45) is 2.84. The van der Waals surface area contributed by atoms with E-state index in [1.165, 1.54) is 30.8 Å². The lowest BCUT2D eigenvalue weighted by atomic mass is 9.93. The highest BCUT2D eigenvalue weighted by molar-refractivity contribution is 7.13. The summed E-state index contributed by atoms with van der Waals surface area (Å²) in [6.45, 7) is 6.32. The fourth-order valence-corrected chi connectivity index (χ4v) is 2.33. The smallest absolute Gasteiger partial charge is 0.358 e. The number of esters is 1. The van der Waals surface area contributed by atoms with E-state index < -0.39 is 5.97 Å². The molecule has 2 heterocycles. The van der Waals surface area contributed by atoms with Gasteiger partial charge >= 0.3 is 5.97 Å². The highest BCUT2D eigenvalue weighted by Gasteiger charge is 2.17. The van der Waals surface area contributed by atoms with Gasteiger partial charge in [-0.05, 0) is 0 Å². The summed E-state index contributed by atoms with van der Waals surface area (Å²) in [5.41, 5.74) is 1.20. The predicted octanol–water partition coefficient (Wildman–Crippen LogP) is 2.76. The summed E-state index contributed by atoms with van der Waals surface area (Å²) < 4.78 is 4.56. The zero-order chi connectivity index (χ0) is 14.8. The van der Waals surface area contributed by atoms with Gasteiger partial charge in [-0.25, -0.2) is 19.7 Å². The number of rotatable bonds is 3. The molecule has 0 bridgehead atoms. The van der Waals surface area contributed by atoms with Crippen LogP contribution in [-0.2, 0) is 10.2 Å². The van der Waals surface area contributed by atoms with Gasteiger partial charge in [0.25, 0.3) is 0 Å². The van der Waals surface area contributed by atoms with Crippen LogP contribution in [0, 0.1) is 0 Å². The van der Waals surface area contributed by atoms with Crippen molar-refractivity contribution in [2.45, 2.75) is 26.2 Å². The third-order valence-corrected chi connectivity index (χ3v) is 3.31. The molecule has 6 nitrogen and oxygen atoms in total. The third kappa shape index (κ3) is 3.30. The van der Waals surface area contributed by atoms with Crippen LogP contribution in [0.5, 0.6) is 0 Å². The molecule has 0 aromatic carbocycles. The first-order valence-electron chi connectivity index (χ1n) is 6.03. The summed E-state index contributed by atoms with van der Waals surface area (Å²) in [5.74, 6) is 0.0285. The zero-order valence-corrected chi connectivity index (χ0v) is 12.6. The highest BCUT2D eigenvalue weighted by atomic mass is 32.1. The van der Waals surface area contributed by atoms with E-state index in [0.717, 1.165) is 10.8 Å². The second-order valence-corrected chi connectivity index (χ2v) is 6.05. The largest absolute Gasteiger partial charge is 0.464 e. The van der Waals surface area contributed by atoms with Gasteiger partial charge in [-0.2, -0.15) is 0 Å². The lowest BCUT2D eigenvalue weighted by molar-refractivity contribution is 0.0593. The standard InChI is InChI=1S/C13H16N4O2S/c1-13(2,3)9-7-20-12(16-9)17-10-6-14-8(5-15-10)11(18)19-4/h5-7H,1-4H3,(H,15,16,17). The first-order chi connectivity index (χ1) is 9.40. The van der Waals surface area contributed by atoms with Crippen LogP contribution in [0.2, 0.25) is 0 Å². The number of thiazole rings is 1. The molecule has 0 aliphatic carbocycles. The van der Waals surface area contributed by atoms with Gasteiger partial charge in [-0.15, -0.1) is 11.3 Å². The number of anilines is 2. The maximum Gasteiger partial charge on any atom is 0.358 e. The molecule has 2 aromatic rings. The summed E-state index contributed by atoms with van der Waals surface area (Å²) in [4.78, 5) is 23.8. The molecule has 0 saturated carbocycles. The van der Waals surface area contributed by atoms with Gasteiger partial charge in [0.05, 0.1) is 25.2 Å². The molecule has 0 saturated heterocycles. The fourth-order valence-electron chi connectivity index (χ4n) is 1.39. The number of hydrogen-bond acceptors (Lipinski definition) is 7. The Morgan fingerprint density at radius 3 is 2.55 bits per heavy atom. The molecule has 20 heavy (non-hydrogen) atoms. The van der Waals surface area contributed by atoms with Crippen LogP contribution in [0.15, 0.2) is 17.8 Å². The summed E-state index contributed by atoms with van der Waals surface area (Å²) in [7, 11) is 1.31. The number of carbonyl (C=O) groups is 1. The van der Waals surface area contributed by atoms with Crippen molar-refractivity contribution in [3.05, 3.63) is 29.2 Å². The van der Waals surface area contributed by atoms with Crippen LogP contribution < -0.4 is 5.32 Å². The molecule has 7 heteroatoms. The number of nitrogens with one attached hydrogen (secondary N) is 1. The van der Waals surface area contributed by atoms with E-state index in [0.29, 0.717) is 5.82 Å². The highest BCUT2D eigenvalue weighted by Crippen LogP contribution is 2.27. The predicted molar refractivity (Wildman–Crippen MR) is 77.5 cm³/mol. The summed E-state index contributed by atoms with van der Waals surface area (Å²) in [5, 5.41) is 5.82. The Hall–Kier alpha value is -2.02. The van der Waals surface area contributed by atoms with Gasteiger partial charge in [0.1, 0.15) is 0 Å². The molecule has 0 fully saturated rings. The molecule has 0 radical (unpaired) electrons. The number of ether oxygens (including phenoxy) is 1. The Morgan fingerprint density at radius 1 is 1.30 bits per heavy atom. The van der Waals surface area contributed by atoms with Crippen molar-refractivity contribution in [2.75, 3.05) is 12.4 Å². The molecule has 0 spiro atoms. The van der Waals surface area contributed by atoms with Crippen LogP contribution in [0.3, 0.4) is 0 Å². The number of carbonyl (C=O) groups excluding carboxylic acids is 1. The van der Waals surface area contributed by atoms with Gasteiger partial charge in [0.15, 0.2) is 16.6 Å². The topological polar surface area (TPSA) is 77.0 Å². The zero-order valence-electron chi connectivity index (χ0n) is 11.8. The van der Waals surface area contributed by atoms with E-state index in [1.807, 2.05) is 5.38 Å². The van der Waals surface area contributed by atoms with Crippen LogP contribution in [-0.4, -0.2) is 28.0 Å². The normalized spacial score (nSPS) is 11.2. The second kappa shape index (κ2) is 5.54. The minimum Gasteiger partial charge on any atom is -0.464 e. The Labute approximate surface area is 121 Å². The van der Waals surface area contributed by atoms with Crippen LogP contribution in [0.25, 0.3) is 0 Å². The van der Waals surface area contributed by atoms with Crippen molar-refractivity contribution < 1.29 is 9.53 Å². The molecule has 2 aromatic heterocycles. The quantitative estimate of drug-likeness (QED) is 0.877. The molecule has 106 valence electrons. The van der Waals surface area contributed by atoms with E-state index in [4.69, 9.17) is 0 Å². The Kier molecular flexibility index (Phi) is 3.99. The number of hydrogen-bond donors (Lipinski definition) is 1. The Bertz CT molecular complexity index is 602. The van der Waals surface area contributed by atoms with Crippen molar-refractivity contribution in [3.8, 4) is 0 Å². The fraction of sp³-hybridized carbons (Fsp3) is 0.385. The molecule has 0 aliphatic heterocycles. The van der Waals surface area contributed by atoms with Crippen LogP contribution >= 0.6 is 11.3 Å². The minimum atomic E-state index is -0.506. The number of aromatic nitrogens is 3. The first-order valence-corrected chi connectivity index (χ1v) is 6.91. The molecule has 2 rings (SSSR count). The third-order valence-electron chi connectivity index (χ3n) is 2.55. The van der Waals surface area contributed by atoms with Gasteiger partial charge < -0.3 is 10.1 Å². The monoisotopic (exact) mass is 292 g/mol. The lowest BCUT2D eigenvalue weighted by Crippen LogP contribution is -2.11. The molecular formula is C13H16N4O2S. The van der Waals surface area contributed by atoms with Gasteiger partial charge in [0.2, 0.25) is 0 Å². The molecule has 0 atom stereocenters. The van der Waals surface area contributed by atoms with Crippen molar-refractivity contribution >= 4 is 28.3 Å². The summed E-state index contributed by atoms with van der Waals surface area (Å²) >= 11 is 1.50. The average Bonchev–Trinajstić information content (AvgIpc) is 2.87. The van der Waals surface area contributed by atoms with E-state index in [2.05, 4.69) is 45.8 Å². The van der Waals surface area contributed by atoms with E-state index in [9.17, 15) is 4.79 Å². The molecular weight excluding hydrogens is 276 g/mol. The molecule has 1 N–H and O–H groups in total. The van der Waals surface area contributed by atoms with Crippen molar-refractivity contribution in [1.29, 1.82) is 0 Å². The maximum absolute atomic E-state index is 11.2. The van der Waals surface area contributed by atoms with E-state index in [-0.39, 0.29) is 11.1 Å². The van der Waals surface area contributed by atoms with Gasteiger partial charge in [0, 0.05) is 10.8 Å². The van der Waals surface area contributed by atoms with Gasteiger partial charge in [-0.3, -0.25) is 0 Å². The SMILES string of the molecule is COC(=O)c1cnc(Nc2nc(C(C)(C)C)cs2)cn1. The van der Waals surface area contributed by atoms with E-state index >= 15 is 0 Å². The van der Waals surface area contributed by atoms with E-state index in [1.54, 1.807) is 0 Å². The molecule has 0 amide bonds. The number of nitrogens with zero attached hydrogens (tertiary/aromatic N) is 3. The average molecular weight is 292 g/mol. The van der Waals surface area contributed by atoms with Crippen LogP contribution in [0.4, 0.5) is 10.9 Å². The van der Waals surface area contributed by atoms with Crippen molar-refractivity contribution in [2.24, 2.45) is 0 Å². The maximum atomic E-state index is 11.2. The Balaban J connectivity index is 2.10. The van der Waals surface area contributed by atoms with Crippen molar-refractivity contribution in [3.63, 3.8) is 0 Å². The first kappa shape index (κ1) is 14.4. The lowest BCUT2D eigenvalue weighted by Gasteiger charge is -2.14. The van der Waals surface area contributed by atoms with Crippen LogP contribution in [0.1, 0.15) is 37.0 Å². The minimum absolute atomic E-state index is 0.0108. The Morgan fingerprint density at radius 2 is 2.05 bits per heavy atom. The number of methoxy groups -OCH3 is 1. The molecule has 0 unspecified atom stereocenters. The summed E-state index contributed by atoms with van der Waals surface area (Å²) in [6, 6.07) is 0. The van der Waals surface area contributed by atoms with Crippen molar-refractivity contribution in [1.82, 2.24) is 15.0 Å². The molecule has 0 aliphatic rings.